The standard InChI is InChI=1S/C15H22IN3O3/c1-10(2)7-11(9-18(3)4)17-15(20)13-8-12(19(21)22)5-6-14(13)16/h5-6,8,10-11H,7,9H2,1-4H3,(H,17,20). The van der Waals surface area contributed by atoms with Gasteiger partial charge in [0.05, 0.1) is 10.5 Å². The molecule has 1 aromatic carbocycles. The van der Waals surface area contributed by atoms with Gasteiger partial charge in [-0.2, -0.15) is 0 Å². The van der Waals surface area contributed by atoms with Crippen LogP contribution < -0.4 is 5.32 Å². The van der Waals surface area contributed by atoms with E-state index in [4.69, 9.17) is 0 Å². The summed E-state index contributed by atoms with van der Waals surface area (Å²) in [5, 5.41) is 13.9. The number of amides is 1. The molecule has 22 heavy (non-hydrogen) atoms. The molecule has 0 aliphatic heterocycles. The summed E-state index contributed by atoms with van der Waals surface area (Å²) in [5.41, 5.74) is 0.279. The minimum absolute atomic E-state index is 0.0116. The highest BCUT2D eigenvalue weighted by atomic mass is 127. The van der Waals surface area contributed by atoms with E-state index in [0.717, 1.165) is 13.0 Å². The molecule has 1 aromatic rings. The van der Waals surface area contributed by atoms with Gasteiger partial charge in [0.2, 0.25) is 0 Å². The Morgan fingerprint density at radius 3 is 2.55 bits per heavy atom. The zero-order valence-corrected chi connectivity index (χ0v) is 15.5. The van der Waals surface area contributed by atoms with Crippen LogP contribution in [0.4, 0.5) is 5.69 Å². The lowest BCUT2D eigenvalue weighted by Gasteiger charge is -2.24. The van der Waals surface area contributed by atoms with Crippen molar-refractivity contribution in [3.05, 3.63) is 37.4 Å². The molecule has 7 heteroatoms. The molecule has 0 aliphatic carbocycles. The summed E-state index contributed by atoms with van der Waals surface area (Å²) in [6, 6.07) is 4.35. The zero-order valence-electron chi connectivity index (χ0n) is 13.3. The lowest BCUT2D eigenvalue weighted by molar-refractivity contribution is -0.384. The van der Waals surface area contributed by atoms with Crippen LogP contribution in [-0.4, -0.2) is 42.4 Å². The van der Waals surface area contributed by atoms with Crippen LogP contribution in [0, 0.1) is 19.6 Å². The van der Waals surface area contributed by atoms with E-state index in [2.05, 4.69) is 19.2 Å². The molecule has 0 bridgehead atoms. The van der Waals surface area contributed by atoms with Gasteiger partial charge in [0.15, 0.2) is 0 Å². The smallest absolute Gasteiger partial charge is 0.270 e. The van der Waals surface area contributed by atoms with Gasteiger partial charge in [0.25, 0.3) is 11.6 Å². The quantitative estimate of drug-likeness (QED) is 0.419. The third-order valence-corrected chi connectivity index (χ3v) is 4.02. The number of rotatable bonds is 7. The fourth-order valence-electron chi connectivity index (χ4n) is 2.25. The van der Waals surface area contributed by atoms with Gasteiger partial charge in [0, 0.05) is 28.3 Å². The number of nitrogens with one attached hydrogen (secondary N) is 1. The number of non-ortho nitro benzene ring substituents is 1. The van der Waals surface area contributed by atoms with Crippen molar-refractivity contribution >= 4 is 34.2 Å². The van der Waals surface area contributed by atoms with E-state index in [1.54, 1.807) is 6.07 Å². The van der Waals surface area contributed by atoms with Crippen molar-refractivity contribution in [1.82, 2.24) is 10.2 Å². The second kappa shape index (κ2) is 8.42. The van der Waals surface area contributed by atoms with Gasteiger partial charge in [-0.1, -0.05) is 13.8 Å². The minimum atomic E-state index is -0.488. The van der Waals surface area contributed by atoms with Crippen molar-refractivity contribution in [2.45, 2.75) is 26.3 Å². The number of halogens is 1. The topological polar surface area (TPSA) is 75.5 Å². The molecule has 0 saturated heterocycles. The first kappa shape index (κ1) is 18.8. The number of carbonyl (C=O) groups is 1. The van der Waals surface area contributed by atoms with E-state index in [1.165, 1.54) is 12.1 Å². The molecule has 0 radical (unpaired) electrons. The summed E-state index contributed by atoms with van der Waals surface area (Å²) in [6.45, 7) is 4.94. The highest BCUT2D eigenvalue weighted by Crippen LogP contribution is 2.20. The number of nitro groups is 1. The molecule has 0 spiro atoms. The lowest BCUT2D eigenvalue weighted by atomic mass is 10.0. The van der Waals surface area contributed by atoms with Crippen LogP contribution in [0.2, 0.25) is 0 Å². The van der Waals surface area contributed by atoms with E-state index in [9.17, 15) is 14.9 Å². The van der Waals surface area contributed by atoms with Gasteiger partial charge < -0.3 is 10.2 Å². The number of benzene rings is 1. The number of nitrogens with zero attached hydrogens (tertiary/aromatic N) is 2. The second-order valence-corrected chi connectivity index (χ2v) is 7.15. The van der Waals surface area contributed by atoms with Crippen molar-refractivity contribution in [3.63, 3.8) is 0 Å². The molecule has 1 atom stereocenters. The fourth-order valence-corrected chi connectivity index (χ4v) is 2.83. The Kier molecular flexibility index (Phi) is 7.21. The van der Waals surface area contributed by atoms with Gasteiger partial charge in [-0.3, -0.25) is 14.9 Å². The first-order valence-electron chi connectivity index (χ1n) is 7.10. The third kappa shape index (κ3) is 5.88. The lowest BCUT2D eigenvalue weighted by Crippen LogP contribution is -2.42. The molecule has 1 rings (SSSR count). The number of hydrogen-bond acceptors (Lipinski definition) is 4. The summed E-state index contributed by atoms with van der Waals surface area (Å²) < 4.78 is 0.703. The predicted molar refractivity (Wildman–Crippen MR) is 95.1 cm³/mol. The zero-order chi connectivity index (χ0) is 16.9. The molecule has 0 aromatic heterocycles. The first-order chi connectivity index (χ1) is 10.2. The van der Waals surface area contributed by atoms with E-state index in [-0.39, 0.29) is 17.6 Å². The molecule has 122 valence electrons. The molecule has 0 aliphatic rings. The first-order valence-corrected chi connectivity index (χ1v) is 8.18. The molecule has 0 fully saturated rings. The minimum Gasteiger partial charge on any atom is -0.348 e. The molecule has 6 nitrogen and oxygen atoms in total. The van der Waals surface area contributed by atoms with E-state index >= 15 is 0 Å². The van der Waals surface area contributed by atoms with Crippen LogP contribution in [0.5, 0.6) is 0 Å². The van der Waals surface area contributed by atoms with Gasteiger partial charge in [0.1, 0.15) is 0 Å². The Bertz CT molecular complexity index is 537. The normalized spacial score (nSPS) is 12.5. The van der Waals surface area contributed by atoms with E-state index in [0.29, 0.717) is 15.1 Å². The van der Waals surface area contributed by atoms with Crippen LogP contribution in [-0.2, 0) is 0 Å². The van der Waals surface area contributed by atoms with Gasteiger partial charge in [-0.15, -0.1) is 0 Å². The number of hydrogen-bond donors (Lipinski definition) is 1. The molecule has 0 heterocycles. The van der Waals surface area contributed by atoms with Crippen molar-refractivity contribution in [2.75, 3.05) is 20.6 Å². The Morgan fingerprint density at radius 2 is 2.05 bits per heavy atom. The van der Waals surface area contributed by atoms with Crippen LogP contribution in [0.1, 0.15) is 30.6 Å². The molecule has 1 N–H and O–H groups in total. The molecule has 1 unspecified atom stereocenters. The maximum Gasteiger partial charge on any atom is 0.270 e. The Hall–Kier alpha value is -1.22. The molecule has 1 amide bonds. The van der Waals surface area contributed by atoms with Crippen molar-refractivity contribution < 1.29 is 9.72 Å². The van der Waals surface area contributed by atoms with Crippen molar-refractivity contribution in [2.24, 2.45) is 5.92 Å². The summed E-state index contributed by atoms with van der Waals surface area (Å²) in [4.78, 5) is 24.9. The van der Waals surface area contributed by atoms with Crippen molar-refractivity contribution in [1.29, 1.82) is 0 Å². The average Bonchev–Trinajstić information content (AvgIpc) is 2.36. The molecular formula is C15H22IN3O3. The summed E-state index contributed by atoms with van der Waals surface area (Å²) in [7, 11) is 3.91. The predicted octanol–water partition coefficient (Wildman–Crippen LogP) is 2.91. The summed E-state index contributed by atoms with van der Waals surface area (Å²) >= 11 is 2.02. The number of nitro benzene ring substituents is 1. The monoisotopic (exact) mass is 419 g/mol. The largest absolute Gasteiger partial charge is 0.348 e. The Morgan fingerprint density at radius 1 is 1.41 bits per heavy atom. The third-order valence-electron chi connectivity index (χ3n) is 3.08. The molecule has 0 saturated carbocycles. The van der Waals surface area contributed by atoms with E-state index < -0.39 is 4.92 Å². The number of likely N-dealkylation sites (N-methyl/N-ethyl adjacent to an activating group) is 1. The summed E-state index contributed by atoms with van der Waals surface area (Å²) in [6.07, 6.45) is 0.857. The molecular weight excluding hydrogens is 397 g/mol. The number of carbonyl (C=O) groups excluding carboxylic acids is 1. The SMILES string of the molecule is CC(C)CC(CN(C)C)NC(=O)c1cc([N+](=O)[O-])ccc1I. The van der Waals surface area contributed by atoms with Crippen LogP contribution in [0.15, 0.2) is 18.2 Å². The van der Waals surface area contributed by atoms with Crippen LogP contribution in [0.3, 0.4) is 0 Å². The van der Waals surface area contributed by atoms with E-state index in [1.807, 2.05) is 41.6 Å². The fraction of sp³-hybridized carbons (Fsp3) is 0.533. The van der Waals surface area contributed by atoms with Gasteiger partial charge in [-0.25, -0.2) is 0 Å². The van der Waals surface area contributed by atoms with Crippen molar-refractivity contribution in [3.8, 4) is 0 Å². The van der Waals surface area contributed by atoms with Crippen LogP contribution >= 0.6 is 22.6 Å². The second-order valence-electron chi connectivity index (χ2n) is 5.98. The maximum absolute atomic E-state index is 12.5. The highest BCUT2D eigenvalue weighted by Gasteiger charge is 2.20. The Labute approximate surface area is 144 Å². The highest BCUT2D eigenvalue weighted by molar-refractivity contribution is 14.1. The summed E-state index contributed by atoms with van der Waals surface area (Å²) in [5.74, 6) is 0.190. The van der Waals surface area contributed by atoms with Crippen LogP contribution in [0.25, 0.3) is 0 Å². The maximum atomic E-state index is 12.5. The van der Waals surface area contributed by atoms with Gasteiger partial charge >= 0.3 is 0 Å². The van der Waals surface area contributed by atoms with Gasteiger partial charge in [-0.05, 0) is 55.1 Å². The Balaban J connectivity index is 2.93. The average molecular weight is 419 g/mol.